The van der Waals surface area contributed by atoms with Gasteiger partial charge in [-0.15, -0.1) is 0 Å². The average Bonchev–Trinajstić information content (AvgIpc) is 2.83. The number of aromatic nitrogens is 2. The second-order valence-electron chi connectivity index (χ2n) is 6.12. The number of nitrogens with zero attached hydrogens (tertiary/aromatic N) is 3. The lowest BCUT2D eigenvalue weighted by Gasteiger charge is -2.50. The van der Waals surface area contributed by atoms with Gasteiger partial charge in [-0.05, 0) is 39.5 Å². The Labute approximate surface area is 117 Å². The molecular weight excluding hydrogens is 260 g/mol. The van der Waals surface area contributed by atoms with E-state index in [1.54, 1.807) is 0 Å². The van der Waals surface area contributed by atoms with E-state index < -0.39 is 0 Å². The third-order valence-electron chi connectivity index (χ3n) is 4.45. The van der Waals surface area contributed by atoms with Gasteiger partial charge in [0.25, 0.3) is 0 Å². The molecule has 2 fully saturated rings. The second-order valence-corrected chi connectivity index (χ2v) is 6.85. The van der Waals surface area contributed by atoms with Crippen LogP contribution in [0.4, 0.5) is 5.13 Å². The van der Waals surface area contributed by atoms with Gasteiger partial charge in [0.15, 0.2) is 0 Å². The maximum absolute atomic E-state index is 11.6. The maximum Gasteiger partial charge on any atom is 0.228 e. The van der Waals surface area contributed by atoms with Crippen LogP contribution in [0, 0.1) is 18.3 Å². The van der Waals surface area contributed by atoms with Gasteiger partial charge >= 0.3 is 0 Å². The quantitative estimate of drug-likeness (QED) is 0.836. The Morgan fingerprint density at radius 2 is 2.05 bits per heavy atom. The third-order valence-corrected chi connectivity index (χ3v) is 5.32. The van der Waals surface area contributed by atoms with Gasteiger partial charge in [-0.3, -0.25) is 4.79 Å². The molecule has 0 aromatic carbocycles. The number of aryl methyl sites for hydroxylation is 1. The summed E-state index contributed by atoms with van der Waals surface area (Å²) in [5.41, 5.74) is -0.188. The Hall–Kier alpha value is -1.17. The molecule has 6 heteroatoms. The van der Waals surface area contributed by atoms with Crippen molar-refractivity contribution >= 4 is 22.6 Å². The molecule has 0 bridgehead atoms. The molecule has 0 unspecified atom stereocenters. The van der Waals surface area contributed by atoms with E-state index in [0.717, 1.165) is 36.9 Å². The lowest BCUT2D eigenvalue weighted by atomic mass is 9.68. The molecule has 0 saturated carbocycles. The van der Waals surface area contributed by atoms with E-state index in [1.807, 2.05) is 6.92 Å². The Balaban J connectivity index is 1.60. The number of hydrogen-bond donors (Lipinski definition) is 1. The predicted octanol–water partition coefficient (Wildman–Crippen LogP) is 1.59. The summed E-state index contributed by atoms with van der Waals surface area (Å²) < 4.78 is 4.24. The number of carbonyl (C=O) groups is 1. The summed E-state index contributed by atoms with van der Waals surface area (Å²) in [6.07, 6.45) is 2.24. The second kappa shape index (κ2) is 4.44. The highest BCUT2D eigenvalue weighted by atomic mass is 32.1. The number of piperidine rings is 1. The zero-order chi connectivity index (χ0) is 13.6. The minimum atomic E-state index is -0.188. The van der Waals surface area contributed by atoms with E-state index in [2.05, 4.69) is 33.4 Å². The molecular formula is C13H20N4OS. The molecule has 1 N–H and O–H groups in total. The largest absolute Gasteiger partial charge is 0.351 e. The van der Waals surface area contributed by atoms with Crippen molar-refractivity contribution in [2.45, 2.75) is 39.7 Å². The molecule has 1 amide bonds. The lowest BCUT2D eigenvalue weighted by Crippen LogP contribution is -2.67. The van der Waals surface area contributed by atoms with Gasteiger partial charge in [-0.2, -0.15) is 4.37 Å². The molecule has 0 spiro atoms. The van der Waals surface area contributed by atoms with Crippen LogP contribution in [0.2, 0.25) is 0 Å². The minimum absolute atomic E-state index is 0.188. The van der Waals surface area contributed by atoms with Crippen molar-refractivity contribution in [1.82, 2.24) is 14.7 Å². The van der Waals surface area contributed by atoms with Crippen LogP contribution in [0.3, 0.4) is 0 Å². The Bertz CT molecular complexity index is 491. The van der Waals surface area contributed by atoms with Crippen LogP contribution in [-0.4, -0.2) is 34.4 Å². The normalized spacial score (nSPS) is 27.0. The molecule has 1 atom stereocenters. The number of carbonyl (C=O) groups excluding carboxylic acids is 1. The predicted molar refractivity (Wildman–Crippen MR) is 75.3 cm³/mol. The van der Waals surface area contributed by atoms with Crippen LogP contribution in [0.25, 0.3) is 0 Å². The molecule has 3 rings (SSSR count). The lowest BCUT2D eigenvalue weighted by molar-refractivity contribution is -0.145. The van der Waals surface area contributed by atoms with Crippen LogP contribution in [0.1, 0.15) is 32.5 Å². The van der Waals surface area contributed by atoms with Gasteiger partial charge in [0.2, 0.25) is 11.0 Å². The van der Waals surface area contributed by atoms with E-state index in [0.29, 0.717) is 12.0 Å². The highest BCUT2D eigenvalue weighted by Gasteiger charge is 2.50. The first-order valence-electron chi connectivity index (χ1n) is 6.84. The number of nitrogens with one attached hydrogen (secondary N) is 1. The summed E-state index contributed by atoms with van der Waals surface area (Å²) in [6.45, 7) is 8.07. The van der Waals surface area contributed by atoms with Gasteiger partial charge in [0.05, 0.1) is 5.41 Å². The van der Waals surface area contributed by atoms with Crippen LogP contribution in [0.15, 0.2) is 0 Å². The first kappa shape index (κ1) is 12.8. The molecule has 5 nitrogen and oxygen atoms in total. The number of β-lactam (4-membered cyclic amide) rings is 1. The highest BCUT2D eigenvalue weighted by Crippen LogP contribution is 2.39. The molecule has 2 aliphatic rings. The number of hydrogen-bond acceptors (Lipinski definition) is 5. The molecule has 2 saturated heterocycles. The topological polar surface area (TPSA) is 58.1 Å². The smallest absolute Gasteiger partial charge is 0.228 e. The van der Waals surface area contributed by atoms with Crippen molar-refractivity contribution < 1.29 is 4.79 Å². The van der Waals surface area contributed by atoms with Crippen LogP contribution in [0.5, 0.6) is 0 Å². The zero-order valence-electron chi connectivity index (χ0n) is 11.6. The molecule has 3 heterocycles. The first-order chi connectivity index (χ1) is 8.98. The van der Waals surface area contributed by atoms with Crippen LogP contribution in [-0.2, 0) is 4.79 Å². The fraction of sp³-hybridized carbons (Fsp3) is 0.769. The zero-order valence-corrected chi connectivity index (χ0v) is 12.5. The van der Waals surface area contributed by atoms with Crippen LogP contribution < -0.4 is 10.2 Å². The van der Waals surface area contributed by atoms with Gasteiger partial charge in [0.1, 0.15) is 5.82 Å². The highest BCUT2D eigenvalue weighted by molar-refractivity contribution is 7.09. The number of anilines is 1. The number of rotatable bonds is 2. The molecule has 0 radical (unpaired) electrons. The van der Waals surface area contributed by atoms with Crippen molar-refractivity contribution in [1.29, 1.82) is 0 Å². The van der Waals surface area contributed by atoms with Crippen molar-refractivity contribution in [2.75, 3.05) is 18.0 Å². The van der Waals surface area contributed by atoms with E-state index in [-0.39, 0.29) is 11.3 Å². The standard InChI is InChI=1S/C13H20N4OS/c1-8-14-12(19-16-8)17-6-4-9(5-7-17)10-13(2,3)11(18)15-10/h9-10H,4-7H2,1-3H3,(H,15,18)/t10-/m1/s1. The van der Waals surface area contributed by atoms with E-state index in [4.69, 9.17) is 0 Å². The number of amides is 1. The molecule has 1 aromatic heterocycles. The van der Waals surface area contributed by atoms with Crippen molar-refractivity contribution in [3.05, 3.63) is 5.82 Å². The monoisotopic (exact) mass is 280 g/mol. The molecule has 0 aliphatic carbocycles. The maximum atomic E-state index is 11.6. The van der Waals surface area contributed by atoms with Gasteiger partial charge in [0, 0.05) is 30.7 Å². The first-order valence-corrected chi connectivity index (χ1v) is 7.62. The molecule has 1 aromatic rings. The summed E-state index contributed by atoms with van der Waals surface area (Å²) in [6, 6.07) is 0.346. The SMILES string of the molecule is Cc1nsc(N2CCC([C@H]3NC(=O)C3(C)C)CC2)n1. The fourth-order valence-electron chi connectivity index (χ4n) is 3.12. The van der Waals surface area contributed by atoms with Crippen molar-refractivity contribution in [3.63, 3.8) is 0 Å². The summed E-state index contributed by atoms with van der Waals surface area (Å²) in [7, 11) is 0. The van der Waals surface area contributed by atoms with Gasteiger partial charge in [-0.25, -0.2) is 4.98 Å². The average molecular weight is 280 g/mol. The fourth-order valence-corrected chi connectivity index (χ4v) is 3.84. The van der Waals surface area contributed by atoms with E-state index in [9.17, 15) is 4.79 Å². The Kier molecular flexibility index (Phi) is 3.00. The van der Waals surface area contributed by atoms with Crippen molar-refractivity contribution in [3.8, 4) is 0 Å². The molecule has 2 aliphatic heterocycles. The summed E-state index contributed by atoms with van der Waals surface area (Å²) in [4.78, 5) is 18.3. The van der Waals surface area contributed by atoms with Gasteiger partial charge < -0.3 is 10.2 Å². The van der Waals surface area contributed by atoms with E-state index in [1.165, 1.54) is 11.5 Å². The Morgan fingerprint density at radius 1 is 1.37 bits per heavy atom. The van der Waals surface area contributed by atoms with Gasteiger partial charge in [-0.1, -0.05) is 0 Å². The van der Waals surface area contributed by atoms with E-state index >= 15 is 0 Å². The van der Waals surface area contributed by atoms with Crippen LogP contribution >= 0.6 is 11.5 Å². The summed E-state index contributed by atoms with van der Waals surface area (Å²) in [5, 5.41) is 4.11. The Morgan fingerprint density at radius 3 is 2.53 bits per heavy atom. The molecule has 104 valence electrons. The summed E-state index contributed by atoms with van der Waals surface area (Å²) >= 11 is 1.48. The minimum Gasteiger partial charge on any atom is -0.351 e. The summed E-state index contributed by atoms with van der Waals surface area (Å²) in [5.74, 6) is 1.65. The molecule has 19 heavy (non-hydrogen) atoms. The third kappa shape index (κ3) is 2.12. The van der Waals surface area contributed by atoms with Crippen molar-refractivity contribution in [2.24, 2.45) is 11.3 Å².